The Morgan fingerprint density at radius 1 is 1.42 bits per heavy atom. The highest BCUT2D eigenvalue weighted by atomic mass is 32.1. The minimum atomic E-state index is -0.470. The second-order valence-corrected chi connectivity index (χ2v) is 5.75. The molecule has 98 valence electrons. The lowest BCUT2D eigenvalue weighted by Crippen LogP contribution is -2.36. The third kappa shape index (κ3) is 2.17. The fourth-order valence-corrected chi connectivity index (χ4v) is 3.13. The van der Waals surface area contributed by atoms with Crippen LogP contribution in [0, 0.1) is 6.92 Å². The molecule has 1 N–H and O–H groups in total. The van der Waals surface area contributed by atoms with Gasteiger partial charge in [0.25, 0.3) is 5.91 Å². The summed E-state index contributed by atoms with van der Waals surface area (Å²) in [4.78, 5) is 15.0. The molecule has 1 unspecified atom stereocenters. The first-order valence-electron chi connectivity index (χ1n) is 6.31. The Morgan fingerprint density at radius 2 is 2.26 bits per heavy atom. The number of benzene rings is 1. The van der Waals surface area contributed by atoms with Crippen molar-refractivity contribution >= 4 is 22.9 Å². The molecule has 4 heteroatoms. The molecule has 2 aromatic rings. The van der Waals surface area contributed by atoms with Gasteiger partial charge in [0.15, 0.2) is 0 Å². The summed E-state index contributed by atoms with van der Waals surface area (Å²) in [5.74, 6) is 0.0204. The summed E-state index contributed by atoms with van der Waals surface area (Å²) in [7, 11) is 0. The molecular weight excluding hydrogens is 258 g/mol. The number of thiophene rings is 1. The first kappa shape index (κ1) is 12.4. The highest BCUT2D eigenvalue weighted by Gasteiger charge is 2.28. The molecule has 0 spiro atoms. The van der Waals surface area contributed by atoms with Crippen molar-refractivity contribution in [2.45, 2.75) is 19.4 Å². The smallest absolute Gasteiger partial charge is 0.268 e. The number of rotatable bonds is 1. The third-order valence-electron chi connectivity index (χ3n) is 3.44. The van der Waals surface area contributed by atoms with E-state index in [4.69, 9.17) is 0 Å². The van der Waals surface area contributed by atoms with Gasteiger partial charge in [0.1, 0.15) is 0 Å². The van der Waals surface area contributed by atoms with Gasteiger partial charge in [-0.25, -0.2) is 0 Å². The van der Waals surface area contributed by atoms with E-state index in [0.717, 1.165) is 21.7 Å². The monoisotopic (exact) mass is 273 g/mol. The van der Waals surface area contributed by atoms with E-state index in [1.54, 1.807) is 4.90 Å². The van der Waals surface area contributed by atoms with Crippen molar-refractivity contribution < 1.29 is 9.90 Å². The van der Waals surface area contributed by atoms with Crippen LogP contribution in [0.5, 0.6) is 0 Å². The van der Waals surface area contributed by atoms with E-state index in [0.29, 0.717) is 13.0 Å². The van der Waals surface area contributed by atoms with Crippen molar-refractivity contribution in [1.82, 2.24) is 0 Å². The van der Waals surface area contributed by atoms with Crippen molar-refractivity contribution in [2.75, 3.05) is 11.4 Å². The molecule has 19 heavy (non-hydrogen) atoms. The number of hydrogen-bond donors (Lipinski definition) is 1. The zero-order valence-electron chi connectivity index (χ0n) is 10.7. The van der Waals surface area contributed by atoms with Crippen LogP contribution in [0.4, 0.5) is 5.69 Å². The standard InChI is InChI=1S/C15H15NO2S/c1-10-4-5-12-11(9-10)13(17)6-7-16(12)15(18)14-3-2-8-19-14/h2-5,8-9,13,17H,6-7H2,1H3. The third-order valence-corrected chi connectivity index (χ3v) is 4.29. The lowest BCUT2D eigenvalue weighted by Gasteiger charge is -2.32. The summed E-state index contributed by atoms with van der Waals surface area (Å²) in [6, 6.07) is 9.59. The van der Waals surface area contributed by atoms with Gasteiger partial charge in [-0.2, -0.15) is 0 Å². The molecule has 0 fully saturated rings. The fourth-order valence-electron chi connectivity index (χ4n) is 2.46. The largest absolute Gasteiger partial charge is 0.388 e. The molecular formula is C15H15NO2S. The average molecular weight is 273 g/mol. The highest BCUT2D eigenvalue weighted by Crippen LogP contribution is 2.35. The van der Waals surface area contributed by atoms with Crippen LogP contribution in [0.1, 0.15) is 33.3 Å². The van der Waals surface area contributed by atoms with E-state index >= 15 is 0 Å². The lowest BCUT2D eigenvalue weighted by molar-refractivity contribution is 0.0974. The van der Waals surface area contributed by atoms with Crippen molar-refractivity contribution in [3.05, 3.63) is 51.7 Å². The topological polar surface area (TPSA) is 40.5 Å². The summed E-state index contributed by atoms with van der Waals surface area (Å²) in [5.41, 5.74) is 2.79. The summed E-state index contributed by atoms with van der Waals surface area (Å²) < 4.78 is 0. The van der Waals surface area contributed by atoms with Crippen LogP contribution in [0.2, 0.25) is 0 Å². The van der Waals surface area contributed by atoms with Crippen molar-refractivity contribution in [3.63, 3.8) is 0 Å². The number of aliphatic hydroxyl groups excluding tert-OH is 1. The minimum Gasteiger partial charge on any atom is -0.388 e. The summed E-state index contributed by atoms with van der Waals surface area (Å²) in [5, 5.41) is 12.0. The van der Waals surface area contributed by atoms with E-state index in [1.165, 1.54) is 11.3 Å². The molecule has 1 aromatic heterocycles. The summed E-state index contributed by atoms with van der Waals surface area (Å²) in [6.07, 6.45) is 0.121. The van der Waals surface area contributed by atoms with Gasteiger partial charge in [-0.05, 0) is 30.9 Å². The van der Waals surface area contributed by atoms with Crippen molar-refractivity contribution in [3.8, 4) is 0 Å². The first-order chi connectivity index (χ1) is 9.16. The van der Waals surface area contributed by atoms with Gasteiger partial charge in [-0.1, -0.05) is 23.8 Å². The van der Waals surface area contributed by atoms with Crippen LogP contribution in [0.15, 0.2) is 35.7 Å². The molecule has 0 saturated carbocycles. The maximum absolute atomic E-state index is 12.5. The zero-order valence-corrected chi connectivity index (χ0v) is 11.5. The summed E-state index contributed by atoms with van der Waals surface area (Å²) in [6.45, 7) is 2.56. The van der Waals surface area contributed by atoms with E-state index in [9.17, 15) is 9.90 Å². The van der Waals surface area contributed by atoms with Gasteiger partial charge in [0.05, 0.1) is 11.0 Å². The van der Waals surface area contributed by atoms with Crippen LogP contribution in [-0.2, 0) is 0 Å². The maximum atomic E-state index is 12.5. The Hall–Kier alpha value is -1.65. The quantitative estimate of drug-likeness (QED) is 0.867. The van der Waals surface area contributed by atoms with Gasteiger partial charge in [0, 0.05) is 17.8 Å². The Balaban J connectivity index is 2.02. The summed E-state index contributed by atoms with van der Waals surface area (Å²) >= 11 is 1.45. The van der Waals surface area contributed by atoms with Crippen LogP contribution >= 0.6 is 11.3 Å². The fraction of sp³-hybridized carbons (Fsp3) is 0.267. The number of amides is 1. The van der Waals surface area contributed by atoms with Crippen LogP contribution in [-0.4, -0.2) is 17.6 Å². The first-order valence-corrected chi connectivity index (χ1v) is 7.19. The Kier molecular flexibility index (Phi) is 3.12. The average Bonchev–Trinajstić information content (AvgIpc) is 2.93. The number of fused-ring (bicyclic) bond motifs is 1. The second-order valence-electron chi connectivity index (χ2n) is 4.80. The van der Waals surface area contributed by atoms with E-state index in [1.807, 2.05) is 42.6 Å². The molecule has 1 atom stereocenters. The molecule has 1 aromatic carbocycles. The zero-order chi connectivity index (χ0) is 13.4. The number of carbonyl (C=O) groups excluding carboxylic acids is 1. The van der Waals surface area contributed by atoms with E-state index < -0.39 is 6.10 Å². The van der Waals surface area contributed by atoms with Crippen molar-refractivity contribution in [2.24, 2.45) is 0 Å². The molecule has 0 bridgehead atoms. The van der Waals surface area contributed by atoms with Crippen molar-refractivity contribution in [1.29, 1.82) is 0 Å². The Morgan fingerprint density at radius 3 is 3.00 bits per heavy atom. The lowest BCUT2D eigenvalue weighted by atomic mass is 9.97. The van der Waals surface area contributed by atoms with Gasteiger partial charge >= 0.3 is 0 Å². The molecule has 3 rings (SSSR count). The highest BCUT2D eigenvalue weighted by molar-refractivity contribution is 7.12. The van der Waals surface area contributed by atoms with Crippen LogP contribution in [0.25, 0.3) is 0 Å². The number of anilines is 1. The van der Waals surface area contributed by atoms with E-state index in [-0.39, 0.29) is 5.91 Å². The van der Waals surface area contributed by atoms with Crippen LogP contribution < -0.4 is 4.90 Å². The predicted molar refractivity (Wildman–Crippen MR) is 76.8 cm³/mol. The minimum absolute atomic E-state index is 0.0204. The molecule has 0 saturated heterocycles. The molecule has 0 aliphatic carbocycles. The molecule has 1 amide bonds. The number of hydrogen-bond acceptors (Lipinski definition) is 3. The van der Waals surface area contributed by atoms with E-state index in [2.05, 4.69) is 0 Å². The molecule has 1 aliphatic heterocycles. The van der Waals surface area contributed by atoms with Crippen LogP contribution in [0.3, 0.4) is 0 Å². The van der Waals surface area contributed by atoms with Gasteiger partial charge in [-0.15, -0.1) is 11.3 Å². The number of nitrogens with zero attached hydrogens (tertiary/aromatic N) is 1. The molecule has 2 heterocycles. The SMILES string of the molecule is Cc1ccc2c(c1)C(O)CCN2C(=O)c1cccs1. The number of carbonyl (C=O) groups is 1. The van der Waals surface area contributed by atoms with Gasteiger partial charge in [-0.3, -0.25) is 4.79 Å². The predicted octanol–water partition coefficient (Wildman–Crippen LogP) is 3.14. The molecule has 3 nitrogen and oxygen atoms in total. The van der Waals surface area contributed by atoms with Gasteiger partial charge in [0.2, 0.25) is 0 Å². The molecule has 1 aliphatic rings. The normalized spacial score (nSPS) is 18.2. The van der Waals surface area contributed by atoms with Gasteiger partial charge < -0.3 is 10.0 Å². The maximum Gasteiger partial charge on any atom is 0.268 e. The number of aryl methyl sites for hydroxylation is 1. The Labute approximate surface area is 116 Å². The number of aliphatic hydroxyl groups is 1. The Bertz CT molecular complexity index is 607. The molecule has 0 radical (unpaired) electrons. The second kappa shape index (κ2) is 4.79.